The molecule has 3 rings (SSSR count). The van der Waals surface area contributed by atoms with Gasteiger partial charge in [-0.2, -0.15) is 0 Å². The third-order valence-corrected chi connectivity index (χ3v) is 2.84. The molecule has 0 bridgehead atoms. The Balaban J connectivity index is 2.18. The van der Waals surface area contributed by atoms with Crippen LogP contribution in [0.3, 0.4) is 0 Å². The van der Waals surface area contributed by atoms with Crippen LogP contribution in [0.4, 0.5) is 0 Å². The van der Waals surface area contributed by atoms with Gasteiger partial charge in [0.1, 0.15) is 10.8 Å². The van der Waals surface area contributed by atoms with Gasteiger partial charge in [-0.05, 0) is 24.6 Å². The highest BCUT2D eigenvalue weighted by atomic mass is 35.5. The van der Waals surface area contributed by atoms with Crippen molar-refractivity contribution in [1.29, 1.82) is 0 Å². The van der Waals surface area contributed by atoms with Crippen LogP contribution in [0.2, 0.25) is 5.15 Å². The summed E-state index contributed by atoms with van der Waals surface area (Å²) < 4.78 is 0. The number of benzene rings is 1. The van der Waals surface area contributed by atoms with Crippen molar-refractivity contribution in [2.75, 3.05) is 0 Å². The van der Waals surface area contributed by atoms with Crippen LogP contribution in [0.5, 0.6) is 0 Å². The molecule has 3 nitrogen and oxygen atoms in total. The van der Waals surface area contributed by atoms with Crippen LogP contribution in [0.25, 0.3) is 22.3 Å². The molecule has 17 heavy (non-hydrogen) atoms. The molecule has 0 amide bonds. The van der Waals surface area contributed by atoms with Gasteiger partial charge in [0, 0.05) is 10.9 Å². The summed E-state index contributed by atoms with van der Waals surface area (Å²) in [5.74, 6) is 0. The second-order valence-electron chi connectivity index (χ2n) is 4.00. The zero-order valence-corrected chi connectivity index (χ0v) is 9.99. The van der Waals surface area contributed by atoms with E-state index in [1.54, 1.807) is 6.20 Å². The molecule has 0 unspecified atom stereocenters. The molecule has 1 aromatic carbocycles. The highest BCUT2D eigenvalue weighted by Crippen LogP contribution is 2.23. The van der Waals surface area contributed by atoms with Crippen LogP contribution in [0.1, 0.15) is 5.56 Å². The number of rotatable bonds is 1. The van der Waals surface area contributed by atoms with Crippen molar-refractivity contribution >= 4 is 22.5 Å². The number of aryl methyl sites for hydroxylation is 1. The SMILES string of the molecule is Cc1ccc2cc(-c3cncc(Cl)n3)[nH]c2c1. The Kier molecular flexibility index (Phi) is 2.34. The molecule has 0 radical (unpaired) electrons. The number of nitrogens with one attached hydrogen (secondary N) is 1. The van der Waals surface area contributed by atoms with Gasteiger partial charge in [0.05, 0.1) is 18.1 Å². The number of aromatic nitrogens is 3. The first-order valence-electron chi connectivity index (χ1n) is 5.30. The quantitative estimate of drug-likeness (QED) is 0.710. The van der Waals surface area contributed by atoms with E-state index >= 15 is 0 Å². The lowest BCUT2D eigenvalue weighted by atomic mass is 10.2. The Morgan fingerprint density at radius 2 is 2.06 bits per heavy atom. The minimum atomic E-state index is 0.400. The molecule has 3 aromatic rings. The first-order chi connectivity index (χ1) is 8.22. The van der Waals surface area contributed by atoms with Crippen molar-refractivity contribution in [1.82, 2.24) is 15.0 Å². The Bertz CT molecular complexity index is 688. The van der Waals surface area contributed by atoms with E-state index in [1.165, 1.54) is 11.8 Å². The fourth-order valence-corrected chi connectivity index (χ4v) is 2.00. The van der Waals surface area contributed by atoms with Crippen molar-refractivity contribution in [3.63, 3.8) is 0 Å². The van der Waals surface area contributed by atoms with Crippen LogP contribution in [-0.4, -0.2) is 15.0 Å². The molecule has 4 heteroatoms. The van der Waals surface area contributed by atoms with Crippen molar-refractivity contribution in [3.05, 3.63) is 47.4 Å². The predicted octanol–water partition coefficient (Wildman–Crippen LogP) is 3.59. The van der Waals surface area contributed by atoms with E-state index in [2.05, 4.69) is 46.1 Å². The number of hydrogen-bond donors (Lipinski definition) is 1. The fourth-order valence-electron chi connectivity index (χ4n) is 1.85. The van der Waals surface area contributed by atoms with E-state index in [0.29, 0.717) is 5.15 Å². The topological polar surface area (TPSA) is 41.6 Å². The van der Waals surface area contributed by atoms with E-state index in [9.17, 15) is 0 Å². The maximum atomic E-state index is 5.83. The van der Waals surface area contributed by atoms with Gasteiger partial charge < -0.3 is 4.98 Å². The summed E-state index contributed by atoms with van der Waals surface area (Å²) in [6.45, 7) is 2.07. The van der Waals surface area contributed by atoms with Gasteiger partial charge >= 0.3 is 0 Å². The molecule has 0 spiro atoms. The third-order valence-electron chi connectivity index (χ3n) is 2.66. The Labute approximate surface area is 103 Å². The maximum Gasteiger partial charge on any atom is 0.148 e. The molecule has 0 saturated heterocycles. The summed E-state index contributed by atoms with van der Waals surface area (Å²) in [7, 11) is 0. The summed E-state index contributed by atoms with van der Waals surface area (Å²) in [6.07, 6.45) is 3.22. The Hall–Kier alpha value is -1.87. The second kappa shape index (κ2) is 3.86. The second-order valence-corrected chi connectivity index (χ2v) is 4.39. The van der Waals surface area contributed by atoms with Gasteiger partial charge in [0.25, 0.3) is 0 Å². The number of hydrogen-bond acceptors (Lipinski definition) is 2. The van der Waals surface area contributed by atoms with Crippen LogP contribution >= 0.6 is 11.6 Å². The largest absolute Gasteiger partial charge is 0.353 e. The number of nitrogens with zero attached hydrogens (tertiary/aromatic N) is 2. The molecule has 84 valence electrons. The van der Waals surface area contributed by atoms with E-state index < -0.39 is 0 Å². The number of halogens is 1. The zero-order chi connectivity index (χ0) is 11.8. The lowest BCUT2D eigenvalue weighted by molar-refractivity contribution is 1.19. The van der Waals surface area contributed by atoms with Gasteiger partial charge in [-0.25, -0.2) is 4.98 Å². The van der Waals surface area contributed by atoms with Crippen LogP contribution < -0.4 is 0 Å². The Morgan fingerprint density at radius 3 is 2.88 bits per heavy atom. The lowest BCUT2D eigenvalue weighted by Crippen LogP contribution is -1.85. The summed E-state index contributed by atoms with van der Waals surface area (Å²) >= 11 is 5.83. The molecule has 2 heterocycles. The van der Waals surface area contributed by atoms with E-state index in [-0.39, 0.29) is 0 Å². The molecule has 0 atom stereocenters. The minimum Gasteiger partial charge on any atom is -0.353 e. The smallest absolute Gasteiger partial charge is 0.148 e. The fraction of sp³-hybridized carbons (Fsp3) is 0.0769. The normalized spacial score (nSPS) is 10.9. The van der Waals surface area contributed by atoms with Crippen LogP contribution in [-0.2, 0) is 0 Å². The summed E-state index contributed by atoms with van der Waals surface area (Å²) in [5, 5.41) is 1.56. The molecule has 0 aliphatic carbocycles. The highest BCUT2D eigenvalue weighted by molar-refractivity contribution is 6.29. The van der Waals surface area contributed by atoms with Crippen LogP contribution in [0, 0.1) is 6.92 Å². The molecule has 0 aliphatic heterocycles. The van der Waals surface area contributed by atoms with Crippen LogP contribution in [0.15, 0.2) is 36.7 Å². The minimum absolute atomic E-state index is 0.400. The first kappa shape index (κ1) is 10.3. The monoisotopic (exact) mass is 243 g/mol. The van der Waals surface area contributed by atoms with Gasteiger partial charge in [0.15, 0.2) is 0 Å². The first-order valence-corrected chi connectivity index (χ1v) is 5.67. The van der Waals surface area contributed by atoms with Gasteiger partial charge in [-0.15, -0.1) is 0 Å². The zero-order valence-electron chi connectivity index (χ0n) is 9.24. The van der Waals surface area contributed by atoms with Gasteiger partial charge in [0.2, 0.25) is 0 Å². The Morgan fingerprint density at radius 1 is 1.18 bits per heavy atom. The summed E-state index contributed by atoms with van der Waals surface area (Å²) in [6, 6.07) is 8.33. The van der Waals surface area contributed by atoms with Crippen molar-refractivity contribution in [2.24, 2.45) is 0 Å². The highest BCUT2D eigenvalue weighted by Gasteiger charge is 2.05. The molecule has 0 fully saturated rings. The average Bonchev–Trinajstić information content (AvgIpc) is 2.72. The molecular formula is C13H10ClN3. The molecular weight excluding hydrogens is 234 g/mol. The molecule has 2 aromatic heterocycles. The number of aromatic amines is 1. The van der Waals surface area contributed by atoms with Gasteiger partial charge in [-0.1, -0.05) is 23.7 Å². The average molecular weight is 244 g/mol. The standard InChI is InChI=1S/C13H10ClN3/c1-8-2-3-9-5-11(16-10(9)4-8)12-6-15-7-13(14)17-12/h2-7,16H,1H3. The molecule has 0 aliphatic rings. The maximum absolute atomic E-state index is 5.83. The number of H-pyrrole nitrogens is 1. The van der Waals surface area contributed by atoms with E-state index in [4.69, 9.17) is 11.6 Å². The van der Waals surface area contributed by atoms with Crippen molar-refractivity contribution < 1.29 is 0 Å². The van der Waals surface area contributed by atoms with Gasteiger partial charge in [-0.3, -0.25) is 4.98 Å². The predicted molar refractivity (Wildman–Crippen MR) is 69.1 cm³/mol. The molecule has 1 N–H and O–H groups in total. The van der Waals surface area contributed by atoms with Crippen molar-refractivity contribution in [3.8, 4) is 11.4 Å². The number of fused-ring (bicyclic) bond motifs is 1. The summed E-state index contributed by atoms with van der Waals surface area (Å²) in [5.41, 5.74) is 4.01. The van der Waals surface area contributed by atoms with E-state index in [0.717, 1.165) is 22.3 Å². The lowest BCUT2D eigenvalue weighted by Gasteiger charge is -1.95. The molecule has 0 saturated carbocycles. The van der Waals surface area contributed by atoms with E-state index in [1.807, 2.05) is 0 Å². The van der Waals surface area contributed by atoms with Crippen molar-refractivity contribution in [2.45, 2.75) is 6.92 Å². The third kappa shape index (κ3) is 1.89. The summed E-state index contributed by atoms with van der Waals surface area (Å²) in [4.78, 5) is 11.6.